The van der Waals surface area contributed by atoms with Gasteiger partial charge in [-0.15, -0.1) is 0 Å². The summed E-state index contributed by atoms with van der Waals surface area (Å²) in [4.78, 5) is 40.1. The van der Waals surface area contributed by atoms with E-state index in [0.717, 1.165) is 0 Å². The number of hydrogen-bond donors (Lipinski definition) is 1. The van der Waals surface area contributed by atoms with Gasteiger partial charge in [0.25, 0.3) is 11.6 Å². The average Bonchev–Trinajstić information content (AvgIpc) is 3.35. The second-order valence-electron chi connectivity index (χ2n) is 6.73. The number of rotatable bonds is 5. The van der Waals surface area contributed by atoms with Gasteiger partial charge in [-0.25, -0.2) is 9.79 Å². The number of nitro groups is 1. The number of carbonyl (C=O) groups is 2. The topological polar surface area (TPSA) is 126 Å². The van der Waals surface area contributed by atoms with Gasteiger partial charge in [-0.05, 0) is 60.3 Å². The Kier molecular flexibility index (Phi) is 5.61. The van der Waals surface area contributed by atoms with Crippen molar-refractivity contribution in [2.75, 3.05) is 7.05 Å². The maximum absolute atomic E-state index is 12.6. The summed E-state index contributed by atoms with van der Waals surface area (Å²) in [6, 6.07) is 15.4. The van der Waals surface area contributed by atoms with Crippen LogP contribution in [-0.2, 0) is 4.79 Å². The minimum Gasteiger partial charge on any atom is -0.478 e. The molecule has 3 aromatic rings. The van der Waals surface area contributed by atoms with Crippen LogP contribution in [0.2, 0.25) is 0 Å². The molecular formula is C22H15N3O6S. The van der Waals surface area contributed by atoms with E-state index in [-0.39, 0.29) is 17.2 Å². The van der Waals surface area contributed by atoms with Crippen molar-refractivity contribution in [3.8, 4) is 11.3 Å². The van der Waals surface area contributed by atoms with Gasteiger partial charge in [0.1, 0.15) is 11.5 Å². The number of thioether (sulfide) groups is 1. The Bertz CT molecular complexity index is 1280. The number of non-ortho nitro benzene ring substituents is 1. The number of carboxylic acids is 1. The van der Waals surface area contributed by atoms with E-state index in [4.69, 9.17) is 9.52 Å². The van der Waals surface area contributed by atoms with Gasteiger partial charge in [0.2, 0.25) is 0 Å². The maximum Gasteiger partial charge on any atom is 0.335 e. The van der Waals surface area contributed by atoms with E-state index >= 15 is 0 Å². The molecule has 1 aliphatic heterocycles. The summed E-state index contributed by atoms with van der Waals surface area (Å²) in [5.41, 5.74) is 1.34. The molecule has 4 rings (SSSR count). The number of carbonyl (C=O) groups excluding carboxylic acids is 1. The van der Waals surface area contributed by atoms with Gasteiger partial charge in [0.05, 0.1) is 21.1 Å². The van der Waals surface area contributed by atoms with Crippen LogP contribution in [0.1, 0.15) is 16.1 Å². The number of nitro benzene ring substituents is 1. The number of hydrogen-bond acceptors (Lipinski definition) is 7. The molecule has 1 amide bonds. The fraction of sp³-hybridized carbons (Fsp3) is 0.0455. The van der Waals surface area contributed by atoms with Crippen molar-refractivity contribution in [2.24, 2.45) is 4.99 Å². The Hall–Kier alpha value is -4.18. The van der Waals surface area contributed by atoms with Crippen LogP contribution in [0.3, 0.4) is 0 Å². The standard InChI is InChI=1S/C22H15N3O6S/c1-24-20(26)19(32-22(24)23-15-6-2-14(3-7-15)21(27)28)12-17-10-11-18(31-17)13-4-8-16(9-5-13)25(29)30/h2-12H,1H3,(H,27,28)/b19-12-,23-22?. The monoisotopic (exact) mass is 449 g/mol. The van der Waals surface area contributed by atoms with Crippen molar-refractivity contribution in [3.63, 3.8) is 0 Å². The van der Waals surface area contributed by atoms with E-state index in [1.165, 1.54) is 40.9 Å². The largest absolute Gasteiger partial charge is 0.478 e. The van der Waals surface area contributed by atoms with E-state index in [0.29, 0.717) is 32.8 Å². The molecule has 1 aliphatic rings. The number of benzene rings is 2. The quantitative estimate of drug-likeness (QED) is 0.337. The molecule has 9 nitrogen and oxygen atoms in total. The van der Waals surface area contributed by atoms with Gasteiger partial charge in [0.15, 0.2) is 5.17 Å². The molecular weight excluding hydrogens is 434 g/mol. The van der Waals surface area contributed by atoms with Crippen molar-refractivity contribution >= 4 is 46.3 Å². The number of likely N-dealkylation sites (N-methyl/N-ethyl adjacent to an activating group) is 1. The number of amides is 1. The highest BCUT2D eigenvalue weighted by molar-refractivity contribution is 8.18. The van der Waals surface area contributed by atoms with E-state index in [9.17, 15) is 19.7 Å². The van der Waals surface area contributed by atoms with E-state index in [1.54, 1.807) is 49.5 Å². The highest BCUT2D eigenvalue weighted by Crippen LogP contribution is 2.34. The summed E-state index contributed by atoms with van der Waals surface area (Å²) in [5.74, 6) is -0.301. The van der Waals surface area contributed by atoms with Crippen LogP contribution in [0.15, 0.2) is 75.0 Å². The summed E-state index contributed by atoms with van der Waals surface area (Å²) in [5, 5.41) is 20.2. The van der Waals surface area contributed by atoms with E-state index in [1.807, 2.05) is 0 Å². The zero-order valence-electron chi connectivity index (χ0n) is 16.6. The number of nitrogens with zero attached hydrogens (tertiary/aromatic N) is 3. The third-order valence-electron chi connectivity index (χ3n) is 4.61. The lowest BCUT2D eigenvalue weighted by atomic mass is 10.1. The molecule has 160 valence electrons. The van der Waals surface area contributed by atoms with Crippen molar-refractivity contribution in [2.45, 2.75) is 0 Å². The maximum atomic E-state index is 12.6. The smallest absolute Gasteiger partial charge is 0.335 e. The molecule has 0 bridgehead atoms. The molecule has 0 saturated carbocycles. The van der Waals surface area contributed by atoms with Crippen LogP contribution >= 0.6 is 11.8 Å². The first-order valence-electron chi connectivity index (χ1n) is 9.26. The molecule has 10 heteroatoms. The number of amidine groups is 1. The second-order valence-corrected chi connectivity index (χ2v) is 7.74. The van der Waals surface area contributed by atoms with Gasteiger partial charge >= 0.3 is 5.97 Å². The minimum atomic E-state index is -1.02. The lowest BCUT2D eigenvalue weighted by Gasteiger charge is -2.07. The van der Waals surface area contributed by atoms with Gasteiger partial charge in [0, 0.05) is 30.8 Å². The van der Waals surface area contributed by atoms with Crippen LogP contribution in [0, 0.1) is 10.1 Å². The zero-order valence-corrected chi connectivity index (χ0v) is 17.4. The third-order valence-corrected chi connectivity index (χ3v) is 5.67. The van der Waals surface area contributed by atoms with Crippen LogP contribution < -0.4 is 0 Å². The SMILES string of the molecule is CN1C(=O)/C(=C/c2ccc(-c3ccc([N+](=O)[O-])cc3)o2)SC1=Nc1ccc(C(=O)O)cc1. The highest BCUT2D eigenvalue weighted by Gasteiger charge is 2.30. The Morgan fingerprint density at radius 3 is 2.44 bits per heavy atom. The predicted octanol–water partition coefficient (Wildman–Crippen LogP) is 4.79. The van der Waals surface area contributed by atoms with Gasteiger partial charge in [-0.2, -0.15) is 0 Å². The van der Waals surface area contributed by atoms with Crippen molar-refractivity contribution in [1.29, 1.82) is 0 Å². The van der Waals surface area contributed by atoms with Crippen molar-refractivity contribution < 1.29 is 24.0 Å². The van der Waals surface area contributed by atoms with Crippen LogP contribution in [-0.4, -0.2) is 39.0 Å². The molecule has 1 saturated heterocycles. The molecule has 0 unspecified atom stereocenters. The molecule has 0 spiro atoms. The molecule has 1 aromatic heterocycles. The fourth-order valence-electron chi connectivity index (χ4n) is 2.90. The van der Waals surface area contributed by atoms with Crippen molar-refractivity contribution in [3.05, 3.63) is 87.0 Å². The summed E-state index contributed by atoms with van der Waals surface area (Å²) >= 11 is 1.17. The van der Waals surface area contributed by atoms with Crippen LogP contribution in [0.4, 0.5) is 11.4 Å². The molecule has 2 heterocycles. The molecule has 0 radical (unpaired) electrons. The van der Waals surface area contributed by atoms with E-state index < -0.39 is 10.9 Å². The number of aliphatic imine (C=N–C) groups is 1. The van der Waals surface area contributed by atoms with Crippen LogP contribution in [0.25, 0.3) is 17.4 Å². The van der Waals surface area contributed by atoms with E-state index in [2.05, 4.69) is 4.99 Å². The summed E-state index contributed by atoms with van der Waals surface area (Å²) in [6.07, 6.45) is 1.61. The summed E-state index contributed by atoms with van der Waals surface area (Å²) in [7, 11) is 1.60. The summed E-state index contributed by atoms with van der Waals surface area (Å²) in [6.45, 7) is 0. The first-order chi connectivity index (χ1) is 15.3. The average molecular weight is 449 g/mol. The third kappa shape index (κ3) is 4.30. The Morgan fingerprint density at radius 1 is 1.12 bits per heavy atom. The van der Waals surface area contributed by atoms with Crippen molar-refractivity contribution in [1.82, 2.24) is 4.90 Å². The first kappa shape index (κ1) is 21.1. The lowest BCUT2D eigenvalue weighted by Crippen LogP contribution is -2.23. The van der Waals surface area contributed by atoms with Gasteiger partial charge in [-0.1, -0.05) is 0 Å². The van der Waals surface area contributed by atoms with Crippen LogP contribution in [0.5, 0.6) is 0 Å². The van der Waals surface area contributed by atoms with Gasteiger partial charge in [-0.3, -0.25) is 19.8 Å². The molecule has 32 heavy (non-hydrogen) atoms. The molecule has 1 N–H and O–H groups in total. The molecule has 0 atom stereocenters. The Labute approximate surface area is 185 Å². The zero-order chi connectivity index (χ0) is 22.8. The number of aromatic carboxylic acids is 1. The lowest BCUT2D eigenvalue weighted by molar-refractivity contribution is -0.384. The Morgan fingerprint density at radius 2 is 1.81 bits per heavy atom. The minimum absolute atomic E-state index is 0.0111. The Balaban J connectivity index is 1.54. The van der Waals surface area contributed by atoms with Gasteiger partial charge < -0.3 is 9.52 Å². The molecule has 2 aromatic carbocycles. The number of furan rings is 1. The number of carboxylic acid groups (broad SMARTS) is 1. The first-order valence-corrected chi connectivity index (χ1v) is 10.1. The molecule has 0 aliphatic carbocycles. The fourth-order valence-corrected chi connectivity index (χ4v) is 3.87. The predicted molar refractivity (Wildman–Crippen MR) is 120 cm³/mol. The molecule has 1 fully saturated rings. The highest BCUT2D eigenvalue weighted by atomic mass is 32.2. The normalized spacial score (nSPS) is 16.2. The summed E-state index contributed by atoms with van der Waals surface area (Å²) < 4.78 is 5.78. The second kappa shape index (κ2) is 8.52.